The van der Waals surface area contributed by atoms with E-state index in [-0.39, 0.29) is 28.4 Å². The van der Waals surface area contributed by atoms with Crippen molar-refractivity contribution < 1.29 is 9.72 Å². The molecule has 0 bridgehead atoms. The standard InChI is InChI=1S/C11H12ClN3O3/c1-2-14(7-3-4-7)11(16)8-5-10(12)13-6-9(8)15(17)18/h5-7H,2-4H2,1H3. The molecule has 0 unspecified atom stereocenters. The number of halogens is 1. The predicted octanol–water partition coefficient (Wildman–Crippen LogP) is 2.27. The summed E-state index contributed by atoms with van der Waals surface area (Å²) in [4.78, 5) is 27.8. The van der Waals surface area contributed by atoms with Crippen LogP contribution in [0.5, 0.6) is 0 Å². The van der Waals surface area contributed by atoms with E-state index in [0.717, 1.165) is 19.0 Å². The van der Waals surface area contributed by atoms with Gasteiger partial charge in [0.25, 0.3) is 11.6 Å². The highest BCUT2D eigenvalue weighted by molar-refractivity contribution is 6.29. The molecule has 1 aromatic heterocycles. The van der Waals surface area contributed by atoms with Crippen molar-refractivity contribution >= 4 is 23.2 Å². The lowest BCUT2D eigenvalue weighted by atomic mass is 10.2. The van der Waals surface area contributed by atoms with Crippen molar-refractivity contribution in [2.75, 3.05) is 6.54 Å². The second kappa shape index (κ2) is 4.89. The largest absolute Gasteiger partial charge is 0.336 e. The van der Waals surface area contributed by atoms with E-state index in [1.165, 1.54) is 6.07 Å². The number of carbonyl (C=O) groups is 1. The van der Waals surface area contributed by atoms with Crippen LogP contribution >= 0.6 is 11.6 Å². The summed E-state index contributed by atoms with van der Waals surface area (Å²) in [5, 5.41) is 11.0. The minimum atomic E-state index is -0.614. The molecular weight excluding hydrogens is 258 g/mol. The molecule has 7 heteroatoms. The third-order valence-electron chi connectivity index (χ3n) is 2.87. The van der Waals surface area contributed by atoms with E-state index >= 15 is 0 Å². The molecule has 1 aliphatic rings. The molecule has 1 heterocycles. The number of pyridine rings is 1. The molecule has 1 aliphatic carbocycles. The van der Waals surface area contributed by atoms with Crippen LogP contribution < -0.4 is 0 Å². The Bertz CT molecular complexity index is 502. The van der Waals surface area contributed by atoms with E-state index < -0.39 is 4.92 Å². The molecule has 0 aliphatic heterocycles. The third-order valence-corrected chi connectivity index (χ3v) is 3.07. The number of hydrogen-bond acceptors (Lipinski definition) is 4. The molecule has 0 N–H and O–H groups in total. The number of amides is 1. The molecule has 0 spiro atoms. The first-order valence-electron chi connectivity index (χ1n) is 5.65. The van der Waals surface area contributed by atoms with Gasteiger partial charge < -0.3 is 4.90 Å². The molecule has 18 heavy (non-hydrogen) atoms. The normalized spacial score (nSPS) is 14.3. The zero-order valence-corrected chi connectivity index (χ0v) is 10.6. The summed E-state index contributed by atoms with van der Waals surface area (Å²) in [6.07, 6.45) is 2.93. The maximum atomic E-state index is 12.3. The van der Waals surface area contributed by atoms with E-state index in [0.29, 0.717) is 6.54 Å². The third kappa shape index (κ3) is 2.43. The number of hydrogen-bond donors (Lipinski definition) is 0. The van der Waals surface area contributed by atoms with Gasteiger partial charge in [0.05, 0.1) is 4.92 Å². The second-order valence-corrected chi connectivity index (χ2v) is 4.49. The first kappa shape index (κ1) is 12.8. The fraction of sp³-hybridized carbons (Fsp3) is 0.455. The average Bonchev–Trinajstić information content (AvgIpc) is 3.13. The Balaban J connectivity index is 2.38. The Labute approximate surface area is 109 Å². The van der Waals surface area contributed by atoms with Gasteiger partial charge in [0, 0.05) is 12.6 Å². The summed E-state index contributed by atoms with van der Waals surface area (Å²) in [6.45, 7) is 2.38. The molecule has 2 rings (SSSR count). The van der Waals surface area contributed by atoms with Crippen molar-refractivity contribution in [1.82, 2.24) is 9.88 Å². The SMILES string of the molecule is CCN(C(=O)c1cc(Cl)ncc1[N+](=O)[O-])C1CC1. The molecule has 0 aromatic carbocycles. The maximum absolute atomic E-state index is 12.3. The first-order chi connectivity index (χ1) is 8.54. The smallest absolute Gasteiger partial charge is 0.300 e. The van der Waals surface area contributed by atoms with Gasteiger partial charge in [-0.1, -0.05) is 11.6 Å². The fourth-order valence-electron chi connectivity index (χ4n) is 1.85. The number of nitro groups is 1. The molecule has 1 saturated carbocycles. The first-order valence-corrected chi connectivity index (χ1v) is 6.03. The van der Waals surface area contributed by atoms with Crippen molar-refractivity contribution in [3.8, 4) is 0 Å². The molecule has 6 nitrogen and oxygen atoms in total. The van der Waals surface area contributed by atoms with Crippen LogP contribution in [0.1, 0.15) is 30.1 Å². The topological polar surface area (TPSA) is 76.3 Å². The number of aromatic nitrogens is 1. The van der Waals surface area contributed by atoms with E-state index in [1.54, 1.807) is 4.90 Å². The lowest BCUT2D eigenvalue weighted by Crippen LogP contribution is -2.33. The van der Waals surface area contributed by atoms with Gasteiger partial charge >= 0.3 is 0 Å². The van der Waals surface area contributed by atoms with E-state index in [1.807, 2.05) is 6.92 Å². The van der Waals surface area contributed by atoms with Crippen molar-refractivity contribution in [1.29, 1.82) is 0 Å². The quantitative estimate of drug-likeness (QED) is 0.477. The van der Waals surface area contributed by atoms with Crippen molar-refractivity contribution in [2.45, 2.75) is 25.8 Å². The second-order valence-electron chi connectivity index (χ2n) is 4.10. The predicted molar refractivity (Wildman–Crippen MR) is 65.6 cm³/mol. The molecule has 0 saturated heterocycles. The van der Waals surface area contributed by atoms with Gasteiger partial charge in [-0.15, -0.1) is 0 Å². The fourth-order valence-corrected chi connectivity index (χ4v) is 2.01. The van der Waals surface area contributed by atoms with Crippen LogP contribution in [0.15, 0.2) is 12.3 Å². The van der Waals surface area contributed by atoms with Crippen molar-refractivity contribution in [3.63, 3.8) is 0 Å². The molecule has 1 aromatic rings. The molecular formula is C11H12ClN3O3. The van der Waals surface area contributed by atoms with Gasteiger partial charge in [-0.05, 0) is 25.8 Å². The van der Waals surface area contributed by atoms with E-state index in [9.17, 15) is 14.9 Å². The van der Waals surface area contributed by atoms with Gasteiger partial charge in [-0.25, -0.2) is 4.98 Å². The Morgan fingerprint density at radius 3 is 2.83 bits per heavy atom. The molecule has 1 amide bonds. The van der Waals surface area contributed by atoms with E-state index in [4.69, 9.17) is 11.6 Å². The lowest BCUT2D eigenvalue weighted by Gasteiger charge is -2.20. The Morgan fingerprint density at radius 2 is 2.33 bits per heavy atom. The van der Waals surface area contributed by atoms with Crippen LogP contribution in [0.4, 0.5) is 5.69 Å². The summed E-state index contributed by atoms with van der Waals surface area (Å²) in [7, 11) is 0. The van der Waals surface area contributed by atoms with Crippen LogP contribution in [0, 0.1) is 10.1 Å². The van der Waals surface area contributed by atoms with Gasteiger partial charge in [-0.2, -0.15) is 0 Å². The monoisotopic (exact) mass is 269 g/mol. The highest BCUT2D eigenvalue weighted by Crippen LogP contribution is 2.30. The summed E-state index contributed by atoms with van der Waals surface area (Å²) < 4.78 is 0. The van der Waals surface area contributed by atoms with Crippen molar-refractivity contribution in [2.24, 2.45) is 0 Å². The Morgan fingerprint density at radius 1 is 1.67 bits per heavy atom. The van der Waals surface area contributed by atoms with E-state index in [2.05, 4.69) is 4.98 Å². The van der Waals surface area contributed by atoms with Crippen molar-refractivity contribution in [3.05, 3.63) is 33.1 Å². The minimum absolute atomic E-state index is 0.00810. The Hall–Kier alpha value is -1.69. The average molecular weight is 270 g/mol. The summed E-state index contributed by atoms with van der Waals surface area (Å²) >= 11 is 5.70. The highest BCUT2D eigenvalue weighted by atomic mass is 35.5. The summed E-state index contributed by atoms with van der Waals surface area (Å²) in [5.41, 5.74) is -0.294. The van der Waals surface area contributed by atoms with Gasteiger partial charge in [0.1, 0.15) is 16.9 Å². The molecule has 0 radical (unpaired) electrons. The number of rotatable bonds is 4. The van der Waals surface area contributed by atoms with Gasteiger partial charge in [0.15, 0.2) is 0 Å². The molecule has 96 valence electrons. The minimum Gasteiger partial charge on any atom is -0.336 e. The number of carbonyl (C=O) groups excluding carboxylic acids is 1. The van der Waals surface area contributed by atoms with Gasteiger partial charge in [-0.3, -0.25) is 14.9 Å². The zero-order chi connectivity index (χ0) is 13.3. The molecule has 1 fully saturated rings. The summed E-state index contributed by atoms with van der Waals surface area (Å²) in [5.74, 6) is -0.351. The van der Waals surface area contributed by atoms with Gasteiger partial charge in [0.2, 0.25) is 0 Å². The highest BCUT2D eigenvalue weighted by Gasteiger charge is 2.34. The van der Waals surface area contributed by atoms with Crippen LogP contribution in [0.2, 0.25) is 5.15 Å². The van der Waals surface area contributed by atoms with Crippen LogP contribution in [-0.2, 0) is 0 Å². The van der Waals surface area contributed by atoms with Crippen LogP contribution in [0.25, 0.3) is 0 Å². The number of nitrogens with zero attached hydrogens (tertiary/aromatic N) is 3. The zero-order valence-electron chi connectivity index (χ0n) is 9.80. The van der Waals surface area contributed by atoms with Crippen LogP contribution in [0.3, 0.4) is 0 Å². The lowest BCUT2D eigenvalue weighted by molar-refractivity contribution is -0.385. The van der Waals surface area contributed by atoms with Crippen LogP contribution in [-0.4, -0.2) is 33.3 Å². The Kier molecular flexibility index (Phi) is 3.47. The summed E-state index contributed by atoms with van der Waals surface area (Å²) in [6, 6.07) is 1.46. The maximum Gasteiger partial charge on any atom is 0.300 e. The molecule has 0 atom stereocenters.